The van der Waals surface area contributed by atoms with Gasteiger partial charge in [-0.1, -0.05) is 121 Å². The summed E-state index contributed by atoms with van der Waals surface area (Å²) in [5, 5.41) is 7.74. The Hall–Kier alpha value is -6.94. The van der Waals surface area contributed by atoms with Crippen LogP contribution in [0.4, 0.5) is 17.1 Å². The number of fused-ring (bicyclic) bond motifs is 8. The van der Waals surface area contributed by atoms with Crippen molar-refractivity contribution >= 4 is 81.1 Å². The van der Waals surface area contributed by atoms with E-state index in [1.165, 1.54) is 75.0 Å². The fourth-order valence-electron chi connectivity index (χ4n) is 8.38. The van der Waals surface area contributed by atoms with Gasteiger partial charge in [0.05, 0.1) is 11.0 Å². The Morgan fingerprint density at radius 3 is 1.78 bits per heavy atom. The molecule has 0 saturated carbocycles. The van der Waals surface area contributed by atoms with E-state index in [4.69, 9.17) is 0 Å². The molecule has 0 amide bonds. The molecule has 2 heterocycles. The van der Waals surface area contributed by atoms with Gasteiger partial charge >= 0.3 is 0 Å². The zero-order valence-corrected chi connectivity index (χ0v) is 30.7. The van der Waals surface area contributed by atoms with Gasteiger partial charge in [-0.25, -0.2) is 0 Å². The van der Waals surface area contributed by atoms with Crippen molar-refractivity contribution in [1.82, 2.24) is 4.57 Å². The molecule has 2 nitrogen and oxygen atoms in total. The van der Waals surface area contributed by atoms with E-state index >= 15 is 0 Å². The smallest absolute Gasteiger partial charge is 0.0547 e. The highest BCUT2D eigenvalue weighted by molar-refractivity contribution is 7.25. The van der Waals surface area contributed by atoms with Crippen LogP contribution in [0.15, 0.2) is 206 Å². The SMILES string of the molecule is c1ccc(-c2ccc(N(c3ccccc3)c3cccc(-c4ccc5c(c4)c4c6cc7c(cc6ccc4n5-c4ccccc4)sc4ccccc47)c3)cc2)cc1. The summed E-state index contributed by atoms with van der Waals surface area (Å²) >= 11 is 1.88. The second-order valence-electron chi connectivity index (χ2n) is 14.2. The van der Waals surface area contributed by atoms with Gasteiger partial charge in [-0.05, 0) is 118 Å². The lowest BCUT2D eigenvalue weighted by Crippen LogP contribution is -2.09. The summed E-state index contributed by atoms with van der Waals surface area (Å²) in [7, 11) is 0. The van der Waals surface area contributed by atoms with E-state index in [2.05, 4.69) is 216 Å². The molecule has 3 heteroatoms. The van der Waals surface area contributed by atoms with Gasteiger partial charge in [0.15, 0.2) is 0 Å². The highest BCUT2D eigenvalue weighted by Gasteiger charge is 2.19. The first kappa shape index (κ1) is 31.6. The molecule has 0 aliphatic heterocycles. The standard InChI is InChI=1S/C52H34N2S/c1-4-13-35(14-5-1)36-23-27-42(28-24-36)53(40-16-6-2-7-17-40)43-20-12-15-37(31-43)38-25-29-48-47(32-38)52-45-34-46-44-21-10-11-22-50(44)55-51(46)33-39(45)26-30-49(52)54(48)41-18-8-3-9-19-41/h1-34H. The molecule has 0 atom stereocenters. The third-order valence-electron chi connectivity index (χ3n) is 10.9. The van der Waals surface area contributed by atoms with Crippen LogP contribution >= 0.6 is 11.3 Å². The second kappa shape index (κ2) is 12.9. The predicted octanol–water partition coefficient (Wildman–Crippen LogP) is 15.1. The zero-order chi connectivity index (χ0) is 36.3. The number of thiophene rings is 1. The fraction of sp³-hybridized carbons (Fsp3) is 0. The van der Waals surface area contributed by atoms with Crippen LogP contribution in [0.25, 0.3) is 80.7 Å². The molecule has 2 aromatic heterocycles. The Bertz CT molecular complexity index is 3180. The average Bonchev–Trinajstić information content (AvgIpc) is 3.79. The number of hydrogen-bond acceptors (Lipinski definition) is 2. The second-order valence-corrected chi connectivity index (χ2v) is 15.2. The van der Waals surface area contributed by atoms with Crippen molar-refractivity contribution in [2.24, 2.45) is 0 Å². The lowest BCUT2D eigenvalue weighted by molar-refractivity contribution is 1.18. The third-order valence-corrected chi connectivity index (χ3v) is 12.1. The van der Waals surface area contributed by atoms with E-state index < -0.39 is 0 Å². The molecule has 0 spiro atoms. The normalized spacial score (nSPS) is 11.6. The van der Waals surface area contributed by atoms with Crippen molar-refractivity contribution in [2.75, 3.05) is 4.90 Å². The molecule has 0 aliphatic rings. The minimum Gasteiger partial charge on any atom is -0.310 e. The summed E-state index contributed by atoms with van der Waals surface area (Å²) in [5.74, 6) is 0. The summed E-state index contributed by atoms with van der Waals surface area (Å²) in [6, 6.07) is 75.1. The van der Waals surface area contributed by atoms with Crippen LogP contribution in [0.1, 0.15) is 0 Å². The van der Waals surface area contributed by atoms with Gasteiger partial charge in [0, 0.05) is 53.7 Å². The lowest BCUT2D eigenvalue weighted by Gasteiger charge is -2.26. The number of rotatable bonds is 6. The van der Waals surface area contributed by atoms with Gasteiger partial charge in [0.1, 0.15) is 0 Å². The van der Waals surface area contributed by atoms with Crippen LogP contribution in [0.2, 0.25) is 0 Å². The summed E-state index contributed by atoms with van der Waals surface area (Å²) in [6.07, 6.45) is 0. The molecule has 11 rings (SSSR count). The largest absolute Gasteiger partial charge is 0.310 e. The minimum atomic E-state index is 1.11. The maximum Gasteiger partial charge on any atom is 0.0547 e. The molecule has 0 saturated heterocycles. The molecule has 0 radical (unpaired) electrons. The molecule has 55 heavy (non-hydrogen) atoms. The van der Waals surface area contributed by atoms with Crippen molar-refractivity contribution in [3.05, 3.63) is 206 Å². The molecule has 0 aliphatic carbocycles. The minimum absolute atomic E-state index is 1.11. The first-order valence-electron chi connectivity index (χ1n) is 18.8. The van der Waals surface area contributed by atoms with Crippen LogP contribution in [-0.4, -0.2) is 4.57 Å². The number of nitrogens with zero attached hydrogens (tertiary/aromatic N) is 2. The third kappa shape index (κ3) is 5.32. The Balaban J connectivity index is 1.10. The maximum absolute atomic E-state index is 2.44. The highest BCUT2D eigenvalue weighted by atomic mass is 32.1. The van der Waals surface area contributed by atoms with E-state index in [-0.39, 0.29) is 0 Å². The van der Waals surface area contributed by atoms with Crippen LogP contribution in [0, 0.1) is 0 Å². The average molecular weight is 719 g/mol. The molecule has 9 aromatic carbocycles. The van der Waals surface area contributed by atoms with Crippen LogP contribution < -0.4 is 4.90 Å². The first-order valence-corrected chi connectivity index (χ1v) is 19.6. The monoisotopic (exact) mass is 718 g/mol. The van der Waals surface area contributed by atoms with Gasteiger partial charge in [-0.3, -0.25) is 0 Å². The van der Waals surface area contributed by atoms with Crippen molar-refractivity contribution in [2.45, 2.75) is 0 Å². The van der Waals surface area contributed by atoms with Crippen LogP contribution in [0.5, 0.6) is 0 Å². The number of aromatic nitrogens is 1. The summed E-state index contributed by atoms with van der Waals surface area (Å²) in [6.45, 7) is 0. The molecule has 258 valence electrons. The molecule has 11 aromatic rings. The number of para-hydroxylation sites is 2. The van der Waals surface area contributed by atoms with Gasteiger partial charge in [0.25, 0.3) is 0 Å². The van der Waals surface area contributed by atoms with E-state index in [0.29, 0.717) is 0 Å². The summed E-state index contributed by atoms with van der Waals surface area (Å²) in [4.78, 5) is 2.35. The molecule has 0 bridgehead atoms. The van der Waals surface area contributed by atoms with Gasteiger partial charge < -0.3 is 9.47 Å². The van der Waals surface area contributed by atoms with E-state index in [1.807, 2.05) is 11.3 Å². The Morgan fingerprint density at radius 2 is 0.964 bits per heavy atom. The number of benzene rings is 9. The van der Waals surface area contributed by atoms with E-state index in [1.54, 1.807) is 0 Å². The van der Waals surface area contributed by atoms with Gasteiger partial charge in [-0.2, -0.15) is 0 Å². The van der Waals surface area contributed by atoms with Gasteiger partial charge in [0.2, 0.25) is 0 Å². The molecular formula is C52H34N2S. The lowest BCUT2D eigenvalue weighted by atomic mass is 9.98. The first-order chi connectivity index (χ1) is 27.3. The quantitative estimate of drug-likeness (QED) is 0.166. The Labute approximate surface area is 323 Å². The maximum atomic E-state index is 2.44. The fourth-order valence-corrected chi connectivity index (χ4v) is 9.52. The number of hydrogen-bond donors (Lipinski definition) is 0. The number of anilines is 3. The van der Waals surface area contributed by atoms with Crippen LogP contribution in [-0.2, 0) is 0 Å². The Kier molecular flexibility index (Phi) is 7.39. The van der Waals surface area contributed by atoms with Crippen molar-refractivity contribution < 1.29 is 0 Å². The topological polar surface area (TPSA) is 8.17 Å². The van der Waals surface area contributed by atoms with Crippen LogP contribution in [0.3, 0.4) is 0 Å². The molecular weight excluding hydrogens is 685 g/mol. The van der Waals surface area contributed by atoms with E-state index in [0.717, 1.165) is 22.7 Å². The summed E-state index contributed by atoms with van der Waals surface area (Å²) < 4.78 is 5.08. The highest BCUT2D eigenvalue weighted by Crippen LogP contribution is 2.43. The van der Waals surface area contributed by atoms with Crippen molar-refractivity contribution in [1.29, 1.82) is 0 Å². The Morgan fingerprint density at radius 1 is 0.345 bits per heavy atom. The zero-order valence-electron chi connectivity index (χ0n) is 29.9. The molecule has 0 N–H and O–H groups in total. The van der Waals surface area contributed by atoms with Gasteiger partial charge in [-0.15, -0.1) is 11.3 Å². The summed E-state index contributed by atoms with van der Waals surface area (Å²) in [5.41, 5.74) is 11.7. The van der Waals surface area contributed by atoms with E-state index in [9.17, 15) is 0 Å². The predicted molar refractivity (Wildman–Crippen MR) is 237 cm³/mol. The molecule has 0 unspecified atom stereocenters. The van der Waals surface area contributed by atoms with Crippen molar-refractivity contribution in [3.8, 4) is 27.9 Å². The molecule has 0 fully saturated rings. The van der Waals surface area contributed by atoms with Crippen molar-refractivity contribution in [3.63, 3.8) is 0 Å².